The van der Waals surface area contributed by atoms with Gasteiger partial charge in [0.25, 0.3) is 0 Å². The molecule has 5 heteroatoms. The fraction of sp³-hybridized carbons (Fsp3) is 0.308. The van der Waals surface area contributed by atoms with Crippen LogP contribution < -0.4 is 4.74 Å². The molecule has 0 amide bonds. The Morgan fingerprint density at radius 3 is 2.72 bits per heavy atom. The molecule has 96 valence electrons. The van der Waals surface area contributed by atoms with E-state index in [0.29, 0.717) is 0 Å². The lowest BCUT2D eigenvalue weighted by molar-refractivity contribution is -0.141. The summed E-state index contributed by atoms with van der Waals surface area (Å²) in [6.07, 6.45) is -0.102. The number of carbonyl (C=O) groups excluding carboxylic acids is 1. The topological polar surface area (TPSA) is 35.5 Å². The molecule has 1 aromatic carbocycles. The van der Waals surface area contributed by atoms with Crippen LogP contribution in [-0.4, -0.2) is 19.7 Å². The minimum atomic E-state index is -1.06. The Bertz CT molecular complexity index is 501. The number of ether oxygens (including phenoxy) is 2. The monoisotopic (exact) mass is 254 g/mol. The molecule has 0 aliphatic rings. The summed E-state index contributed by atoms with van der Waals surface area (Å²) in [6.45, 7) is 1.96. The fourth-order valence-corrected chi connectivity index (χ4v) is 1.21. The van der Waals surface area contributed by atoms with Gasteiger partial charge in [0.1, 0.15) is 6.42 Å². The van der Waals surface area contributed by atoms with Crippen LogP contribution in [0.5, 0.6) is 5.75 Å². The Kier molecular flexibility index (Phi) is 5.12. The summed E-state index contributed by atoms with van der Waals surface area (Å²) >= 11 is 0. The Morgan fingerprint density at radius 2 is 2.11 bits per heavy atom. The van der Waals surface area contributed by atoms with Crippen molar-refractivity contribution < 1.29 is 23.0 Å². The first-order chi connectivity index (χ1) is 8.58. The molecule has 0 aliphatic carbocycles. The summed E-state index contributed by atoms with van der Waals surface area (Å²) < 4.78 is 35.6. The van der Waals surface area contributed by atoms with Gasteiger partial charge in [-0.15, -0.1) is 0 Å². The molecule has 0 heterocycles. The second kappa shape index (κ2) is 6.60. The zero-order valence-electron chi connectivity index (χ0n) is 10.0. The van der Waals surface area contributed by atoms with Gasteiger partial charge in [-0.1, -0.05) is 11.8 Å². The van der Waals surface area contributed by atoms with E-state index in [1.165, 1.54) is 13.2 Å². The third-order valence-corrected chi connectivity index (χ3v) is 1.99. The molecule has 0 saturated heterocycles. The fourth-order valence-electron chi connectivity index (χ4n) is 1.21. The number of methoxy groups -OCH3 is 1. The second-order valence-corrected chi connectivity index (χ2v) is 3.26. The van der Waals surface area contributed by atoms with Crippen LogP contribution in [-0.2, 0) is 9.53 Å². The van der Waals surface area contributed by atoms with Crippen LogP contribution in [0.15, 0.2) is 12.1 Å². The van der Waals surface area contributed by atoms with Crippen LogP contribution in [0.25, 0.3) is 0 Å². The van der Waals surface area contributed by atoms with Crippen LogP contribution in [0.1, 0.15) is 18.9 Å². The Balaban J connectivity index is 2.83. The number of benzene rings is 1. The largest absolute Gasteiger partial charge is 0.494 e. The average molecular weight is 254 g/mol. The smallest absolute Gasteiger partial charge is 0.317 e. The van der Waals surface area contributed by atoms with E-state index < -0.39 is 17.6 Å². The predicted molar refractivity (Wildman–Crippen MR) is 61.0 cm³/mol. The Morgan fingerprint density at radius 1 is 1.39 bits per heavy atom. The first kappa shape index (κ1) is 14.0. The van der Waals surface area contributed by atoms with E-state index in [1.807, 2.05) is 0 Å². The highest BCUT2D eigenvalue weighted by atomic mass is 19.2. The number of esters is 1. The summed E-state index contributed by atoms with van der Waals surface area (Å²) in [5, 5.41) is 0. The zero-order valence-corrected chi connectivity index (χ0v) is 10.0. The molecule has 0 fully saturated rings. The van der Waals surface area contributed by atoms with E-state index in [9.17, 15) is 13.6 Å². The van der Waals surface area contributed by atoms with Crippen molar-refractivity contribution in [3.63, 3.8) is 0 Å². The summed E-state index contributed by atoms with van der Waals surface area (Å²) in [7, 11) is 1.23. The van der Waals surface area contributed by atoms with Crippen LogP contribution in [0.2, 0.25) is 0 Å². The normalized spacial score (nSPS) is 9.33. The Hall–Kier alpha value is -2.09. The lowest BCUT2D eigenvalue weighted by Crippen LogP contribution is -2.01. The highest BCUT2D eigenvalue weighted by Crippen LogP contribution is 2.21. The molecule has 0 atom stereocenters. The lowest BCUT2D eigenvalue weighted by atomic mass is 10.2. The van der Waals surface area contributed by atoms with Crippen molar-refractivity contribution >= 4 is 5.97 Å². The van der Waals surface area contributed by atoms with Crippen molar-refractivity contribution in [2.75, 3.05) is 13.7 Å². The summed E-state index contributed by atoms with van der Waals surface area (Å²) in [5.41, 5.74) is 0.232. The number of carbonyl (C=O) groups is 1. The zero-order chi connectivity index (χ0) is 13.5. The van der Waals surface area contributed by atoms with Crippen LogP contribution in [0.3, 0.4) is 0 Å². The first-order valence-electron chi connectivity index (χ1n) is 5.26. The van der Waals surface area contributed by atoms with Crippen LogP contribution >= 0.6 is 0 Å². The van der Waals surface area contributed by atoms with E-state index in [-0.39, 0.29) is 24.3 Å². The van der Waals surface area contributed by atoms with Crippen molar-refractivity contribution in [3.8, 4) is 17.6 Å². The van der Waals surface area contributed by atoms with Crippen LogP contribution in [0, 0.1) is 23.5 Å². The first-order valence-corrected chi connectivity index (χ1v) is 5.26. The molecule has 0 N–H and O–H groups in total. The van der Waals surface area contributed by atoms with Crippen molar-refractivity contribution in [2.24, 2.45) is 0 Å². The molecule has 0 aromatic heterocycles. The van der Waals surface area contributed by atoms with Gasteiger partial charge in [-0.25, -0.2) is 4.39 Å². The molecule has 18 heavy (non-hydrogen) atoms. The Labute approximate surface area is 104 Å². The van der Waals surface area contributed by atoms with E-state index in [4.69, 9.17) is 0 Å². The third kappa shape index (κ3) is 3.74. The van der Waals surface area contributed by atoms with Gasteiger partial charge in [0, 0.05) is 5.56 Å². The van der Waals surface area contributed by atoms with Crippen molar-refractivity contribution in [1.82, 2.24) is 0 Å². The van der Waals surface area contributed by atoms with Gasteiger partial charge in [0.15, 0.2) is 11.6 Å². The standard InChI is InChI=1S/C13H12F2O3/c1-3-18-12(16)6-4-5-9-7-10(14)13(15)11(8-9)17-2/h7-8H,3,6H2,1-2H3. The van der Waals surface area contributed by atoms with Gasteiger partial charge >= 0.3 is 5.97 Å². The number of rotatable bonds is 3. The van der Waals surface area contributed by atoms with Gasteiger partial charge in [-0.2, -0.15) is 4.39 Å². The highest BCUT2D eigenvalue weighted by molar-refractivity contribution is 5.72. The number of hydrogen-bond donors (Lipinski definition) is 0. The molecule has 0 bridgehead atoms. The number of hydrogen-bond acceptors (Lipinski definition) is 3. The highest BCUT2D eigenvalue weighted by Gasteiger charge is 2.10. The molecule has 1 rings (SSSR count). The van der Waals surface area contributed by atoms with Crippen molar-refractivity contribution in [1.29, 1.82) is 0 Å². The number of halogens is 2. The maximum Gasteiger partial charge on any atom is 0.317 e. The minimum Gasteiger partial charge on any atom is -0.494 e. The molecular weight excluding hydrogens is 242 g/mol. The molecule has 0 saturated carbocycles. The molecule has 1 aromatic rings. The molecule has 0 unspecified atom stereocenters. The average Bonchev–Trinajstić information content (AvgIpc) is 2.33. The van der Waals surface area contributed by atoms with Gasteiger partial charge in [0.2, 0.25) is 5.82 Å². The quantitative estimate of drug-likeness (QED) is 0.613. The van der Waals surface area contributed by atoms with E-state index in [2.05, 4.69) is 21.3 Å². The molecule has 0 aliphatic heterocycles. The van der Waals surface area contributed by atoms with Gasteiger partial charge in [-0.05, 0) is 19.1 Å². The van der Waals surface area contributed by atoms with E-state index >= 15 is 0 Å². The minimum absolute atomic E-state index is 0.102. The maximum absolute atomic E-state index is 13.1. The van der Waals surface area contributed by atoms with Crippen molar-refractivity contribution in [3.05, 3.63) is 29.3 Å². The molecule has 3 nitrogen and oxygen atoms in total. The predicted octanol–water partition coefficient (Wildman–Crippen LogP) is 2.28. The maximum atomic E-state index is 13.1. The second-order valence-electron chi connectivity index (χ2n) is 3.26. The molecule has 0 radical (unpaired) electrons. The summed E-state index contributed by atoms with van der Waals surface area (Å²) in [4.78, 5) is 11.0. The molecular formula is C13H12F2O3. The molecule has 0 spiro atoms. The van der Waals surface area contributed by atoms with E-state index in [1.54, 1.807) is 6.92 Å². The SMILES string of the molecule is CCOC(=O)CC#Cc1cc(F)c(F)c(OC)c1. The van der Waals surface area contributed by atoms with Gasteiger partial charge in [0.05, 0.1) is 13.7 Å². The van der Waals surface area contributed by atoms with E-state index in [0.717, 1.165) is 6.07 Å². The van der Waals surface area contributed by atoms with Gasteiger partial charge in [-0.3, -0.25) is 4.79 Å². The van der Waals surface area contributed by atoms with Crippen LogP contribution in [0.4, 0.5) is 8.78 Å². The third-order valence-electron chi connectivity index (χ3n) is 1.99. The lowest BCUT2D eigenvalue weighted by Gasteiger charge is -2.02. The van der Waals surface area contributed by atoms with Gasteiger partial charge < -0.3 is 9.47 Å². The van der Waals surface area contributed by atoms with Crippen molar-refractivity contribution in [2.45, 2.75) is 13.3 Å². The summed E-state index contributed by atoms with van der Waals surface area (Å²) in [6, 6.07) is 2.20. The summed E-state index contributed by atoms with van der Waals surface area (Å²) in [5.74, 6) is 2.26.